The third-order valence-corrected chi connectivity index (χ3v) is 4.26. The third-order valence-electron chi connectivity index (χ3n) is 4.26. The summed E-state index contributed by atoms with van der Waals surface area (Å²) in [5.74, 6) is 1.64. The van der Waals surface area contributed by atoms with Crippen LogP contribution in [0.1, 0.15) is 43.6 Å². The topological polar surface area (TPSA) is 36.4 Å². The lowest BCUT2D eigenvalue weighted by Crippen LogP contribution is -2.43. The summed E-state index contributed by atoms with van der Waals surface area (Å²) in [6.45, 7) is 0. The van der Waals surface area contributed by atoms with Gasteiger partial charge in [0.15, 0.2) is 5.96 Å². The molecule has 0 saturated heterocycles. The van der Waals surface area contributed by atoms with Crippen molar-refractivity contribution in [1.82, 2.24) is 10.6 Å². The number of rotatable bonds is 3. The van der Waals surface area contributed by atoms with Crippen molar-refractivity contribution in [3.05, 3.63) is 35.9 Å². The summed E-state index contributed by atoms with van der Waals surface area (Å²) in [4.78, 5) is 4.35. The molecule has 0 aromatic heterocycles. The van der Waals surface area contributed by atoms with Crippen molar-refractivity contribution in [2.24, 2.45) is 4.99 Å². The van der Waals surface area contributed by atoms with Crippen LogP contribution < -0.4 is 10.6 Å². The molecular formula is C16H23N3. The molecule has 0 spiro atoms. The second-order valence-corrected chi connectivity index (χ2v) is 5.70. The van der Waals surface area contributed by atoms with Crippen molar-refractivity contribution in [3.63, 3.8) is 0 Å². The molecular weight excluding hydrogens is 234 g/mol. The Morgan fingerprint density at radius 1 is 1.11 bits per heavy atom. The predicted molar refractivity (Wildman–Crippen MR) is 79.5 cm³/mol. The Balaban J connectivity index is 1.51. The summed E-state index contributed by atoms with van der Waals surface area (Å²) >= 11 is 0. The fourth-order valence-electron chi connectivity index (χ4n) is 3.03. The quantitative estimate of drug-likeness (QED) is 0.645. The maximum Gasteiger partial charge on any atom is 0.191 e. The summed E-state index contributed by atoms with van der Waals surface area (Å²) in [7, 11) is 1.87. The number of nitrogens with zero attached hydrogens (tertiary/aromatic N) is 1. The fourth-order valence-corrected chi connectivity index (χ4v) is 3.03. The number of hydrogen-bond donors (Lipinski definition) is 2. The Labute approximate surface area is 115 Å². The van der Waals surface area contributed by atoms with Crippen LogP contribution in [0.15, 0.2) is 35.3 Å². The van der Waals surface area contributed by atoms with E-state index in [4.69, 9.17) is 0 Å². The van der Waals surface area contributed by atoms with Crippen molar-refractivity contribution < 1.29 is 0 Å². The van der Waals surface area contributed by atoms with E-state index >= 15 is 0 Å². The molecule has 2 fully saturated rings. The van der Waals surface area contributed by atoms with Crippen molar-refractivity contribution in [2.45, 2.75) is 50.1 Å². The largest absolute Gasteiger partial charge is 0.354 e. The second-order valence-electron chi connectivity index (χ2n) is 5.70. The van der Waals surface area contributed by atoms with Crippen LogP contribution in [0.3, 0.4) is 0 Å². The zero-order valence-electron chi connectivity index (χ0n) is 11.6. The van der Waals surface area contributed by atoms with Crippen molar-refractivity contribution >= 4 is 5.96 Å². The highest BCUT2D eigenvalue weighted by Gasteiger charge is 2.39. The number of benzene rings is 1. The van der Waals surface area contributed by atoms with Gasteiger partial charge in [-0.15, -0.1) is 0 Å². The summed E-state index contributed by atoms with van der Waals surface area (Å²) in [6, 6.07) is 11.9. The van der Waals surface area contributed by atoms with E-state index in [0.29, 0.717) is 18.0 Å². The monoisotopic (exact) mass is 257 g/mol. The minimum Gasteiger partial charge on any atom is -0.354 e. The molecule has 2 atom stereocenters. The molecule has 3 heteroatoms. The molecule has 0 bridgehead atoms. The molecule has 2 aliphatic rings. The van der Waals surface area contributed by atoms with E-state index in [1.807, 2.05) is 7.05 Å². The fraction of sp³-hybridized carbons (Fsp3) is 0.562. The van der Waals surface area contributed by atoms with Crippen LogP contribution in [-0.2, 0) is 0 Å². The molecule has 102 valence electrons. The van der Waals surface area contributed by atoms with E-state index in [-0.39, 0.29) is 0 Å². The lowest BCUT2D eigenvalue weighted by molar-refractivity contribution is 0.612. The van der Waals surface area contributed by atoms with Gasteiger partial charge >= 0.3 is 0 Å². The molecule has 0 aliphatic heterocycles. The lowest BCUT2D eigenvalue weighted by Gasteiger charge is -2.16. The van der Waals surface area contributed by atoms with Gasteiger partial charge < -0.3 is 10.6 Å². The van der Waals surface area contributed by atoms with Gasteiger partial charge in [-0.05, 0) is 24.8 Å². The first-order valence-corrected chi connectivity index (χ1v) is 7.41. The Morgan fingerprint density at radius 2 is 1.84 bits per heavy atom. The maximum absolute atomic E-state index is 4.35. The molecule has 0 radical (unpaired) electrons. The van der Waals surface area contributed by atoms with Crippen LogP contribution in [0.25, 0.3) is 0 Å². The minimum absolute atomic E-state index is 0.551. The first-order valence-electron chi connectivity index (χ1n) is 7.41. The van der Waals surface area contributed by atoms with Gasteiger partial charge in [0, 0.05) is 25.0 Å². The summed E-state index contributed by atoms with van der Waals surface area (Å²) in [5, 5.41) is 7.10. The second kappa shape index (κ2) is 5.64. The molecule has 2 saturated carbocycles. The van der Waals surface area contributed by atoms with Crippen LogP contribution in [0.4, 0.5) is 0 Å². The summed E-state index contributed by atoms with van der Waals surface area (Å²) in [6.07, 6.45) is 6.49. The zero-order valence-corrected chi connectivity index (χ0v) is 11.6. The van der Waals surface area contributed by atoms with Crippen molar-refractivity contribution in [2.75, 3.05) is 7.05 Å². The highest BCUT2D eigenvalue weighted by molar-refractivity contribution is 5.80. The highest BCUT2D eigenvalue weighted by Crippen LogP contribution is 2.40. The molecule has 3 nitrogen and oxygen atoms in total. The molecule has 2 aliphatic carbocycles. The first kappa shape index (κ1) is 12.5. The number of aliphatic imine (C=N–C) groups is 1. The first-order chi connectivity index (χ1) is 9.36. The maximum atomic E-state index is 4.35. The van der Waals surface area contributed by atoms with E-state index in [0.717, 1.165) is 5.96 Å². The molecule has 19 heavy (non-hydrogen) atoms. The van der Waals surface area contributed by atoms with Gasteiger partial charge in [0.25, 0.3) is 0 Å². The van der Waals surface area contributed by atoms with Crippen LogP contribution in [-0.4, -0.2) is 25.1 Å². The van der Waals surface area contributed by atoms with Gasteiger partial charge in [-0.1, -0.05) is 43.2 Å². The molecule has 1 aromatic carbocycles. The summed E-state index contributed by atoms with van der Waals surface area (Å²) < 4.78 is 0. The van der Waals surface area contributed by atoms with Gasteiger partial charge in [0.05, 0.1) is 0 Å². The van der Waals surface area contributed by atoms with E-state index in [2.05, 4.69) is 46.0 Å². The van der Waals surface area contributed by atoms with E-state index in [9.17, 15) is 0 Å². The van der Waals surface area contributed by atoms with Gasteiger partial charge in [-0.2, -0.15) is 0 Å². The highest BCUT2D eigenvalue weighted by atomic mass is 15.2. The smallest absolute Gasteiger partial charge is 0.191 e. The standard InChI is InChI=1S/C16H23N3/c1-17-16(18-13-9-5-6-10-13)19-15-11-14(15)12-7-3-2-4-8-12/h2-4,7-8,13-15H,5-6,9-11H2,1H3,(H2,17,18,19). The van der Waals surface area contributed by atoms with E-state index in [1.54, 1.807) is 0 Å². The molecule has 0 heterocycles. The van der Waals surface area contributed by atoms with Crippen LogP contribution >= 0.6 is 0 Å². The molecule has 2 unspecified atom stereocenters. The molecule has 2 N–H and O–H groups in total. The average molecular weight is 257 g/mol. The van der Waals surface area contributed by atoms with Gasteiger partial charge in [0.2, 0.25) is 0 Å². The molecule has 1 aromatic rings. The Hall–Kier alpha value is -1.51. The normalized spacial score (nSPS) is 27.3. The Kier molecular flexibility index (Phi) is 3.72. The van der Waals surface area contributed by atoms with Crippen molar-refractivity contribution in [1.29, 1.82) is 0 Å². The summed E-state index contributed by atoms with van der Waals surface area (Å²) in [5.41, 5.74) is 1.44. The average Bonchev–Trinajstić information content (AvgIpc) is 3.03. The van der Waals surface area contributed by atoms with Gasteiger partial charge in [0.1, 0.15) is 0 Å². The SMILES string of the molecule is CN=C(NC1CCCC1)NC1CC1c1ccccc1. The molecule has 3 rings (SSSR count). The number of nitrogens with one attached hydrogen (secondary N) is 2. The van der Waals surface area contributed by atoms with Crippen LogP contribution in [0, 0.1) is 0 Å². The third kappa shape index (κ3) is 3.09. The Bertz CT molecular complexity index is 435. The van der Waals surface area contributed by atoms with Crippen molar-refractivity contribution in [3.8, 4) is 0 Å². The van der Waals surface area contributed by atoms with Crippen LogP contribution in [0.5, 0.6) is 0 Å². The zero-order chi connectivity index (χ0) is 13.1. The van der Waals surface area contributed by atoms with E-state index < -0.39 is 0 Å². The predicted octanol–water partition coefficient (Wildman–Crippen LogP) is 2.65. The minimum atomic E-state index is 0.551. The van der Waals surface area contributed by atoms with Gasteiger partial charge in [-0.25, -0.2) is 0 Å². The lowest BCUT2D eigenvalue weighted by atomic mass is 10.1. The molecule has 0 amide bonds. The van der Waals surface area contributed by atoms with E-state index in [1.165, 1.54) is 37.7 Å². The number of hydrogen-bond acceptors (Lipinski definition) is 1. The number of guanidine groups is 1. The Morgan fingerprint density at radius 3 is 2.53 bits per heavy atom. The van der Waals surface area contributed by atoms with Gasteiger partial charge in [-0.3, -0.25) is 4.99 Å². The van der Waals surface area contributed by atoms with Crippen LogP contribution in [0.2, 0.25) is 0 Å².